The Labute approximate surface area is 110 Å². The summed E-state index contributed by atoms with van der Waals surface area (Å²) in [7, 11) is 0. The minimum Gasteiger partial charge on any atom is -0.312 e. The lowest BCUT2D eigenvalue weighted by atomic mass is 10.2. The molecule has 0 unspecified atom stereocenters. The Bertz CT molecular complexity index is 440. The summed E-state index contributed by atoms with van der Waals surface area (Å²) in [6.07, 6.45) is 2.81. The van der Waals surface area contributed by atoms with Gasteiger partial charge in [0.05, 0.1) is 0 Å². The molecule has 0 aliphatic heterocycles. The highest BCUT2D eigenvalue weighted by Crippen LogP contribution is 2.10. The lowest BCUT2D eigenvalue weighted by Crippen LogP contribution is -2.16. The molecule has 0 atom stereocenters. The molecular formula is C14H15BrN2. The Balaban J connectivity index is 1.71. The molecule has 17 heavy (non-hydrogen) atoms. The second-order valence-electron chi connectivity index (χ2n) is 3.87. The van der Waals surface area contributed by atoms with Crippen LogP contribution in [0.25, 0.3) is 0 Å². The van der Waals surface area contributed by atoms with E-state index in [9.17, 15) is 0 Å². The number of benzene rings is 1. The maximum absolute atomic E-state index is 4.29. The quantitative estimate of drug-likeness (QED) is 0.856. The number of pyridine rings is 1. The average Bonchev–Trinajstić information content (AvgIpc) is 2.38. The smallest absolute Gasteiger partial charge is 0.0416 e. The van der Waals surface area contributed by atoms with Crippen LogP contribution in [0.4, 0.5) is 0 Å². The molecule has 0 saturated heterocycles. The maximum atomic E-state index is 4.29. The summed E-state index contributed by atoms with van der Waals surface area (Å²) in [5.41, 5.74) is 2.44. The zero-order valence-electron chi connectivity index (χ0n) is 9.57. The van der Waals surface area contributed by atoms with Gasteiger partial charge < -0.3 is 5.32 Å². The Kier molecular flexibility index (Phi) is 4.71. The zero-order chi connectivity index (χ0) is 11.9. The van der Waals surface area contributed by atoms with E-state index < -0.39 is 0 Å². The van der Waals surface area contributed by atoms with Crippen molar-refractivity contribution in [3.63, 3.8) is 0 Å². The predicted octanol–water partition coefficient (Wildman–Crippen LogP) is 3.18. The molecule has 3 heteroatoms. The van der Waals surface area contributed by atoms with Crippen molar-refractivity contribution >= 4 is 15.9 Å². The SMILES string of the molecule is Brc1ccc(CNCCc2ccccn2)cc1. The van der Waals surface area contributed by atoms with Crippen molar-refractivity contribution in [2.45, 2.75) is 13.0 Å². The van der Waals surface area contributed by atoms with E-state index in [1.54, 1.807) is 0 Å². The highest BCUT2D eigenvalue weighted by molar-refractivity contribution is 9.10. The van der Waals surface area contributed by atoms with Crippen molar-refractivity contribution < 1.29 is 0 Å². The van der Waals surface area contributed by atoms with Crippen LogP contribution in [0, 0.1) is 0 Å². The zero-order valence-corrected chi connectivity index (χ0v) is 11.2. The summed E-state index contributed by atoms with van der Waals surface area (Å²) >= 11 is 3.43. The van der Waals surface area contributed by atoms with Crippen LogP contribution in [0.1, 0.15) is 11.3 Å². The number of nitrogens with zero attached hydrogens (tertiary/aromatic N) is 1. The predicted molar refractivity (Wildman–Crippen MR) is 73.8 cm³/mol. The second kappa shape index (κ2) is 6.52. The molecule has 2 aromatic rings. The van der Waals surface area contributed by atoms with E-state index in [0.29, 0.717) is 0 Å². The van der Waals surface area contributed by atoms with Crippen molar-refractivity contribution in [1.29, 1.82) is 0 Å². The number of hydrogen-bond acceptors (Lipinski definition) is 2. The molecule has 2 nitrogen and oxygen atoms in total. The first kappa shape index (κ1) is 12.3. The van der Waals surface area contributed by atoms with Crippen molar-refractivity contribution in [1.82, 2.24) is 10.3 Å². The number of aromatic nitrogens is 1. The summed E-state index contributed by atoms with van der Waals surface area (Å²) in [4.78, 5) is 4.29. The van der Waals surface area contributed by atoms with Gasteiger partial charge in [0.2, 0.25) is 0 Å². The fourth-order valence-corrected chi connectivity index (χ4v) is 1.86. The third kappa shape index (κ3) is 4.29. The average molecular weight is 291 g/mol. The van der Waals surface area contributed by atoms with Gasteiger partial charge in [-0.25, -0.2) is 0 Å². The van der Waals surface area contributed by atoms with Crippen LogP contribution in [0.5, 0.6) is 0 Å². The van der Waals surface area contributed by atoms with E-state index in [1.165, 1.54) is 5.56 Å². The molecule has 88 valence electrons. The molecule has 0 bridgehead atoms. The molecule has 2 rings (SSSR count). The fourth-order valence-electron chi connectivity index (χ4n) is 1.60. The van der Waals surface area contributed by atoms with Gasteiger partial charge in [0.15, 0.2) is 0 Å². The fraction of sp³-hybridized carbons (Fsp3) is 0.214. The van der Waals surface area contributed by atoms with Crippen LogP contribution in [0.3, 0.4) is 0 Å². The molecule has 0 radical (unpaired) electrons. The van der Waals surface area contributed by atoms with Crippen LogP contribution >= 0.6 is 15.9 Å². The van der Waals surface area contributed by atoms with Crippen molar-refractivity contribution in [3.8, 4) is 0 Å². The van der Waals surface area contributed by atoms with Gasteiger partial charge >= 0.3 is 0 Å². The van der Waals surface area contributed by atoms with E-state index in [-0.39, 0.29) is 0 Å². The highest BCUT2D eigenvalue weighted by atomic mass is 79.9. The molecule has 0 fully saturated rings. The van der Waals surface area contributed by atoms with E-state index in [4.69, 9.17) is 0 Å². The summed E-state index contributed by atoms with van der Waals surface area (Å²) in [6.45, 7) is 1.85. The first-order valence-electron chi connectivity index (χ1n) is 5.70. The van der Waals surface area contributed by atoms with Gasteiger partial charge in [-0.1, -0.05) is 34.1 Å². The van der Waals surface area contributed by atoms with Gasteiger partial charge in [-0.15, -0.1) is 0 Å². The molecular weight excluding hydrogens is 276 g/mol. The van der Waals surface area contributed by atoms with Gasteiger partial charge in [-0.2, -0.15) is 0 Å². The molecule has 0 saturated carbocycles. The monoisotopic (exact) mass is 290 g/mol. The molecule has 0 aliphatic carbocycles. The van der Waals surface area contributed by atoms with Gasteiger partial charge in [0, 0.05) is 35.9 Å². The maximum Gasteiger partial charge on any atom is 0.0416 e. The van der Waals surface area contributed by atoms with E-state index in [1.807, 2.05) is 18.3 Å². The number of hydrogen-bond donors (Lipinski definition) is 1. The van der Waals surface area contributed by atoms with E-state index >= 15 is 0 Å². The van der Waals surface area contributed by atoms with Crippen LogP contribution < -0.4 is 5.32 Å². The van der Waals surface area contributed by atoms with Gasteiger partial charge in [0.25, 0.3) is 0 Å². The van der Waals surface area contributed by atoms with Gasteiger partial charge in [-0.3, -0.25) is 4.98 Å². The van der Waals surface area contributed by atoms with Gasteiger partial charge in [-0.05, 0) is 29.8 Å². The molecule has 0 amide bonds. The first-order valence-corrected chi connectivity index (χ1v) is 6.49. The minimum atomic E-state index is 0.903. The Morgan fingerprint density at radius 1 is 1.06 bits per heavy atom. The van der Waals surface area contributed by atoms with Crippen LogP contribution in [0.15, 0.2) is 53.1 Å². The van der Waals surface area contributed by atoms with E-state index in [2.05, 4.69) is 56.6 Å². The second-order valence-corrected chi connectivity index (χ2v) is 4.79. The third-order valence-electron chi connectivity index (χ3n) is 2.53. The lowest BCUT2D eigenvalue weighted by molar-refractivity contribution is 0.680. The Hall–Kier alpha value is -1.19. The van der Waals surface area contributed by atoms with Crippen LogP contribution in [-0.2, 0) is 13.0 Å². The number of nitrogens with one attached hydrogen (secondary N) is 1. The standard InChI is InChI=1S/C14H15BrN2/c15-13-6-4-12(5-7-13)11-16-10-8-14-3-1-2-9-17-14/h1-7,9,16H,8,10-11H2. The van der Waals surface area contributed by atoms with Crippen LogP contribution in [0.2, 0.25) is 0 Å². The summed E-state index contributed by atoms with van der Waals surface area (Å²) in [5.74, 6) is 0. The molecule has 1 aromatic heterocycles. The van der Waals surface area contributed by atoms with Crippen molar-refractivity contribution in [2.75, 3.05) is 6.54 Å². The first-order chi connectivity index (χ1) is 8.34. The normalized spacial score (nSPS) is 10.4. The third-order valence-corrected chi connectivity index (χ3v) is 3.06. The molecule has 1 heterocycles. The topological polar surface area (TPSA) is 24.9 Å². The van der Waals surface area contributed by atoms with Gasteiger partial charge in [0.1, 0.15) is 0 Å². The lowest BCUT2D eigenvalue weighted by Gasteiger charge is -2.04. The molecule has 1 aromatic carbocycles. The number of halogens is 1. The largest absolute Gasteiger partial charge is 0.312 e. The van der Waals surface area contributed by atoms with Crippen LogP contribution in [-0.4, -0.2) is 11.5 Å². The van der Waals surface area contributed by atoms with E-state index in [0.717, 1.165) is 29.7 Å². The van der Waals surface area contributed by atoms with Crippen molar-refractivity contribution in [3.05, 3.63) is 64.4 Å². The minimum absolute atomic E-state index is 0.903. The summed E-state index contributed by atoms with van der Waals surface area (Å²) in [5, 5.41) is 3.41. The van der Waals surface area contributed by atoms with Crippen molar-refractivity contribution in [2.24, 2.45) is 0 Å². The number of rotatable bonds is 5. The highest BCUT2D eigenvalue weighted by Gasteiger charge is 1.94. The Morgan fingerprint density at radius 2 is 1.88 bits per heavy atom. The summed E-state index contributed by atoms with van der Waals surface area (Å²) < 4.78 is 1.12. The Morgan fingerprint density at radius 3 is 2.59 bits per heavy atom. The summed E-state index contributed by atoms with van der Waals surface area (Å²) in [6, 6.07) is 14.4. The molecule has 1 N–H and O–H groups in total. The molecule has 0 aliphatic rings. The molecule has 0 spiro atoms.